The maximum absolute atomic E-state index is 10.6. The van der Waals surface area contributed by atoms with Crippen LogP contribution in [-0.4, -0.2) is 11.0 Å². The minimum atomic E-state index is -0.325. The van der Waals surface area contributed by atoms with Crippen LogP contribution in [0.4, 0.5) is 5.00 Å². The summed E-state index contributed by atoms with van der Waals surface area (Å²) in [6.07, 6.45) is 5.33. The first-order chi connectivity index (χ1) is 8.16. The van der Waals surface area contributed by atoms with Crippen molar-refractivity contribution < 1.29 is 4.92 Å². The molecule has 1 heterocycles. The number of nitrogens with one attached hydrogen (secondary N) is 1. The first-order valence-corrected chi connectivity index (χ1v) is 6.95. The number of nitrogens with zero attached hydrogens (tertiary/aromatic N) is 1. The summed E-state index contributed by atoms with van der Waals surface area (Å²) in [6, 6.07) is 3.94. The monoisotopic (exact) mass is 254 g/mol. The van der Waals surface area contributed by atoms with E-state index in [1.54, 1.807) is 6.07 Å². The largest absolute Gasteiger partial charge is 0.324 e. The lowest BCUT2D eigenvalue weighted by molar-refractivity contribution is -0.380. The van der Waals surface area contributed by atoms with Crippen molar-refractivity contribution in [1.29, 1.82) is 0 Å². The van der Waals surface area contributed by atoms with Gasteiger partial charge in [0.05, 0.1) is 4.92 Å². The summed E-state index contributed by atoms with van der Waals surface area (Å²) in [4.78, 5) is 11.3. The molecule has 1 aromatic rings. The molecule has 0 unspecified atom stereocenters. The van der Waals surface area contributed by atoms with Gasteiger partial charge in [-0.1, -0.05) is 24.2 Å². The Morgan fingerprint density at radius 3 is 2.82 bits per heavy atom. The summed E-state index contributed by atoms with van der Waals surface area (Å²) in [5.41, 5.74) is 0. The highest BCUT2D eigenvalue weighted by molar-refractivity contribution is 7.15. The van der Waals surface area contributed by atoms with Crippen molar-refractivity contribution in [2.75, 3.05) is 0 Å². The predicted octanol–water partition coefficient (Wildman–Crippen LogP) is 3.32. The summed E-state index contributed by atoms with van der Waals surface area (Å²) in [7, 11) is 0. The molecule has 1 aromatic heterocycles. The second-order valence-electron chi connectivity index (χ2n) is 4.71. The average molecular weight is 254 g/mol. The first kappa shape index (κ1) is 12.5. The van der Waals surface area contributed by atoms with Gasteiger partial charge in [-0.25, -0.2) is 0 Å². The fraction of sp³-hybridized carbons (Fsp3) is 0.667. The Hall–Kier alpha value is -0.940. The van der Waals surface area contributed by atoms with Crippen LogP contribution in [0.1, 0.15) is 37.5 Å². The van der Waals surface area contributed by atoms with E-state index >= 15 is 0 Å². The van der Waals surface area contributed by atoms with Crippen molar-refractivity contribution >= 4 is 16.3 Å². The summed E-state index contributed by atoms with van der Waals surface area (Å²) >= 11 is 1.26. The fourth-order valence-electron chi connectivity index (χ4n) is 2.45. The van der Waals surface area contributed by atoms with Crippen LogP contribution in [0.2, 0.25) is 0 Å². The minimum absolute atomic E-state index is 0.232. The van der Waals surface area contributed by atoms with Crippen molar-refractivity contribution in [2.24, 2.45) is 5.92 Å². The van der Waals surface area contributed by atoms with Gasteiger partial charge in [-0.3, -0.25) is 10.1 Å². The Morgan fingerprint density at radius 2 is 2.24 bits per heavy atom. The molecule has 1 saturated carbocycles. The number of hydrogen-bond acceptors (Lipinski definition) is 4. The maximum Gasteiger partial charge on any atom is 0.324 e. The lowest BCUT2D eigenvalue weighted by Gasteiger charge is -2.19. The summed E-state index contributed by atoms with van der Waals surface area (Å²) < 4.78 is 0. The van der Waals surface area contributed by atoms with Crippen molar-refractivity contribution in [1.82, 2.24) is 5.32 Å². The molecule has 1 N–H and O–H groups in total. The van der Waals surface area contributed by atoms with Crippen molar-refractivity contribution in [3.8, 4) is 0 Å². The zero-order chi connectivity index (χ0) is 12.3. The van der Waals surface area contributed by atoms with Gasteiger partial charge in [0.15, 0.2) is 0 Å². The number of hydrogen-bond donors (Lipinski definition) is 1. The van der Waals surface area contributed by atoms with Gasteiger partial charge in [-0.15, -0.1) is 0 Å². The number of nitro groups is 1. The van der Waals surface area contributed by atoms with Crippen LogP contribution in [0.5, 0.6) is 0 Å². The van der Waals surface area contributed by atoms with E-state index in [0.717, 1.165) is 17.3 Å². The molecule has 0 amide bonds. The van der Waals surface area contributed by atoms with Gasteiger partial charge in [0.2, 0.25) is 0 Å². The van der Waals surface area contributed by atoms with Gasteiger partial charge in [-0.2, -0.15) is 0 Å². The highest BCUT2D eigenvalue weighted by Crippen LogP contribution is 2.28. The molecule has 1 atom stereocenters. The molecule has 0 aromatic carbocycles. The van der Waals surface area contributed by atoms with Crippen LogP contribution in [0.15, 0.2) is 12.1 Å². The molecule has 1 aliphatic rings. The maximum atomic E-state index is 10.6. The summed E-state index contributed by atoms with van der Waals surface area (Å²) in [6.45, 7) is 2.97. The van der Waals surface area contributed by atoms with Crippen molar-refractivity contribution in [2.45, 2.75) is 45.2 Å². The lowest BCUT2D eigenvalue weighted by Crippen LogP contribution is -2.31. The zero-order valence-electron chi connectivity index (χ0n) is 10.0. The number of thiophene rings is 1. The van der Waals surface area contributed by atoms with Gasteiger partial charge in [0, 0.05) is 23.5 Å². The standard InChI is InChI=1S/C12H18N2O2S/c1-9(10-4-2-3-5-10)13-8-11-6-7-12(17-11)14(15)16/h6-7,9-10,13H,2-5,8H2,1H3/t9-/m1/s1. The van der Waals surface area contributed by atoms with Gasteiger partial charge < -0.3 is 5.32 Å². The molecule has 2 rings (SSSR count). The van der Waals surface area contributed by atoms with E-state index < -0.39 is 0 Å². The quantitative estimate of drug-likeness (QED) is 0.647. The van der Waals surface area contributed by atoms with E-state index in [-0.39, 0.29) is 9.92 Å². The Morgan fingerprint density at radius 1 is 1.53 bits per heavy atom. The molecule has 0 radical (unpaired) electrons. The summed E-state index contributed by atoms with van der Waals surface area (Å²) in [5.74, 6) is 0.782. The van der Waals surface area contributed by atoms with Gasteiger partial charge in [-0.05, 0) is 31.7 Å². The van der Waals surface area contributed by atoms with E-state index in [1.165, 1.54) is 37.0 Å². The SMILES string of the molecule is C[C@@H](NCc1ccc([N+](=O)[O-])s1)C1CCCC1. The van der Waals surface area contributed by atoms with Crippen molar-refractivity contribution in [3.63, 3.8) is 0 Å². The Kier molecular flexibility index (Phi) is 4.12. The molecular weight excluding hydrogens is 236 g/mol. The van der Waals surface area contributed by atoms with Crippen LogP contribution < -0.4 is 5.32 Å². The van der Waals surface area contributed by atoms with E-state index in [0.29, 0.717) is 6.04 Å². The second kappa shape index (κ2) is 5.60. The highest BCUT2D eigenvalue weighted by atomic mass is 32.1. The highest BCUT2D eigenvalue weighted by Gasteiger charge is 2.21. The van der Waals surface area contributed by atoms with E-state index in [2.05, 4.69) is 12.2 Å². The zero-order valence-corrected chi connectivity index (χ0v) is 10.8. The average Bonchev–Trinajstić information content (AvgIpc) is 2.97. The van der Waals surface area contributed by atoms with Crippen LogP contribution in [0, 0.1) is 16.0 Å². The molecule has 1 fully saturated rings. The third-order valence-corrected chi connectivity index (χ3v) is 4.57. The Labute approximate surface area is 105 Å². The molecule has 0 aliphatic heterocycles. The molecule has 1 aliphatic carbocycles. The lowest BCUT2D eigenvalue weighted by atomic mass is 10.00. The van der Waals surface area contributed by atoms with E-state index in [9.17, 15) is 10.1 Å². The molecule has 5 heteroatoms. The predicted molar refractivity (Wildman–Crippen MR) is 69.2 cm³/mol. The topological polar surface area (TPSA) is 55.2 Å². The first-order valence-electron chi connectivity index (χ1n) is 6.13. The van der Waals surface area contributed by atoms with Gasteiger partial charge in [0.25, 0.3) is 0 Å². The normalized spacial score (nSPS) is 18.4. The van der Waals surface area contributed by atoms with E-state index in [1.807, 2.05) is 6.07 Å². The van der Waals surface area contributed by atoms with Crippen LogP contribution in [-0.2, 0) is 6.54 Å². The Balaban J connectivity index is 1.82. The second-order valence-corrected chi connectivity index (χ2v) is 5.86. The van der Waals surface area contributed by atoms with Crippen LogP contribution in [0.3, 0.4) is 0 Å². The molecule has 0 saturated heterocycles. The molecule has 0 bridgehead atoms. The third kappa shape index (κ3) is 3.26. The molecule has 4 nitrogen and oxygen atoms in total. The molecule has 94 valence electrons. The Bertz CT molecular complexity index is 386. The minimum Gasteiger partial charge on any atom is -0.309 e. The van der Waals surface area contributed by atoms with E-state index in [4.69, 9.17) is 0 Å². The molecule has 17 heavy (non-hydrogen) atoms. The summed E-state index contributed by atoms with van der Waals surface area (Å²) in [5, 5.41) is 14.3. The third-order valence-electron chi connectivity index (χ3n) is 3.53. The molecule has 0 spiro atoms. The molecular formula is C12H18N2O2S. The van der Waals surface area contributed by atoms with Gasteiger partial charge >= 0.3 is 5.00 Å². The number of rotatable bonds is 5. The van der Waals surface area contributed by atoms with Crippen LogP contribution in [0.25, 0.3) is 0 Å². The fourth-order valence-corrected chi connectivity index (χ4v) is 3.22. The van der Waals surface area contributed by atoms with Crippen LogP contribution >= 0.6 is 11.3 Å². The van der Waals surface area contributed by atoms with Crippen molar-refractivity contribution in [3.05, 3.63) is 27.1 Å². The smallest absolute Gasteiger partial charge is 0.309 e. The van der Waals surface area contributed by atoms with Gasteiger partial charge in [0.1, 0.15) is 0 Å².